The zero-order chi connectivity index (χ0) is 17.5. The van der Waals surface area contributed by atoms with Crippen molar-refractivity contribution in [2.24, 2.45) is 0 Å². The largest absolute Gasteiger partial charge is 0.379 e. The molecule has 2 aliphatic heterocycles. The lowest BCUT2D eigenvalue weighted by molar-refractivity contribution is -0.135. The Balaban J connectivity index is 1.39. The first-order chi connectivity index (χ1) is 12.2. The van der Waals surface area contributed by atoms with Gasteiger partial charge < -0.3 is 14.2 Å². The number of carbonyl (C=O) groups excluding carboxylic acids is 1. The summed E-state index contributed by atoms with van der Waals surface area (Å²) >= 11 is 0. The van der Waals surface area contributed by atoms with Gasteiger partial charge in [0.1, 0.15) is 0 Å². The van der Waals surface area contributed by atoms with Gasteiger partial charge in [-0.15, -0.1) is 0 Å². The molecule has 0 saturated carbocycles. The molecular formula is C17H29N5O3. The Kier molecular flexibility index (Phi) is 6.77. The van der Waals surface area contributed by atoms with Crippen LogP contribution in [0.4, 0.5) is 0 Å². The summed E-state index contributed by atoms with van der Waals surface area (Å²) in [7, 11) is 0. The van der Waals surface area contributed by atoms with Crippen molar-refractivity contribution in [2.75, 3.05) is 59.0 Å². The van der Waals surface area contributed by atoms with E-state index in [2.05, 4.69) is 26.9 Å². The summed E-state index contributed by atoms with van der Waals surface area (Å²) in [5.74, 6) is 1.71. The summed E-state index contributed by atoms with van der Waals surface area (Å²) in [5.41, 5.74) is 0. The third kappa shape index (κ3) is 5.49. The summed E-state index contributed by atoms with van der Waals surface area (Å²) in [6, 6.07) is 0. The van der Waals surface area contributed by atoms with Gasteiger partial charge in [0.25, 0.3) is 0 Å². The predicted octanol–water partition coefficient (Wildman–Crippen LogP) is 0.389. The minimum absolute atomic E-state index is 0.223. The van der Waals surface area contributed by atoms with E-state index < -0.39 is 0 Å². The lowest BCUT2D eigenvalue weighted by Crippen LogP contribution is -2.52. The van der Waals surface area contributed by atoms with Crippen LogP contribution in [-0.2, 0) is 22.5 Å². The van der Waals surface area contributed by atoms with Gasteiger partial charge in [0, 0.05) is 45.7 Å². The van der Waals surface area contributed by atoms with Crippen molar-refractivity contribution in [3.63, 3.8) is 0 Å². The average Bonchev–Trinajstić information content (AvgIpc) is 3.08. The summed E-state index contributed by atoms with van der Waals surface area (Å²) in [4.78, 5) is 23.3. The summed E-state index contributed by atoms with van der Waals surface area (Å²) in [6.45, 7) is 9.71. The molecule has 2 fully saturated rings. The second-order valence-corrected chi connectivity index (χ2v) is 6.75. The van der Waals surface area contributed by atoms with E-state index in [1.165, 1.54) is 0 Å². The van der Waals surface area contributed by atoms with Crippen LogP contribution in [-0.4, -0.2) is 89.8 Å². The fourth-order valence-electron chi connectivity index (χ4n) is 3.19. The first-order valence-corrected chi connectivity index (χ1v) is 9.36. The first kappa shape index (κ1) is 18.3. The van der Waals surface area contributed by atoms with Crippen molar-refractivity contribution in [2.45, 2.75) is 32.7 Å². The van der Waals surface area contributed by atoms with Gasteiger partial charge in [0.2, 0.25) is 11.8 Å². The highest BCUT2D eigenvalue weighted by atomic mass is 16.5. The van der Waals surface area contributed by atoms with Gasteiger partial charge in [-0.2, -0.15) is 4.98 Å². The second-order valence-electron chi connectivity index (χ2n) is 6.75. The summed E-state index contributed by atoms with van der Waals surface area (Å²) in [5, 5.41) is 4.03. The van der Waals surface area contributed by atoms with Gasteiger partial charge in [-0.1, -0.05) is 18.5 Å². The topological polar surface area (TPSA) is 74.9 Å². The Hall–Kier alpha value is -1.51. The number of hydrogen-bond acceptors (Lipinski definition) is 7. The number of ether oxygens (including phenoxy) is 1. The van der Waals surface area contributed by atoms with Gasteiger partial charge in [0.05, 0.1) is 26.3 Å². The van der Waals surface area contributed by atoms with E-state index in [0.717, 1.165) is 77.6 Å². The van der Waals surface area contributed by atoms with E-state index in [1.807, 2.05) is 4.90 Å². The van der Waals surface area contributed by atoms with Crippen molar-refractivity contribution in [3.8, 4) is 0 Å². The molecule has 3 heterocycles. The Morgan fingerprint density at radius 1 is 1.08 bits per heavy atom. The molecule has 0 bridgehead atoms. The molecule has 0 N–H and O–H groups in total. The monoisotopic (exact) mass is 351 g/mol. The molecule has 0 spiro atoms. The van der Waals surface area contributed by atoms with Crippen LogP contribution in [0.25, 0.3) is 0 Å². The number of hydrogen-bond donors (Lipinski definition) is 0. The Labute approximate surface area is 149 Å². The maximum absolute atomic E-state index is 12.4. The molecule has 25 heavy (non-hydrogen) atoms. The molecule has 8 heteroatoms. The molecule has 3 rings (SSSR count). The Morgan fingerprint density at radius 2 is 1.84 bits per heavy atom. The molecule has 8 nitrogen and oxygen atoms in total. The lowest BCUT2D eigenvalue weighted by Gasteiger charge is -2.35. The highest BCUT2D eigenvalue weighted by molar-refractivity contribution is 5.78. The average molecular weight is 351 g/mol. The van der Waals surface area contributed by atoms with Crippen molar-refractivity contribution < 1.29 is 14.1 Å². The number of piperazine rings is 1. The Morgan fingerprint density at radius 3 is 2.56 bits per heavy atom. The van der Waals surface area contributed by atoms with Crippen LogP contribution in [0.1, 0.15) is 31.5 Å². The van der Waals surface area contributed by atoms with Crippen LogP contribution in [0.3, 0.4) is 0 Å². The van der Waals surface area contributed by atoms with E-state index in [0.29, 0.717) is 19.0 Å². The highest BCUT2D eigenvalue weighted by Gasteiger charge is 2.24. The maximum atomic E-state index is 12.4. The molecule has 1 amide bonds. The van der Waals surface area contributed by atoms with E-state index in [9.17, 15) is 4.79 Å². The van der Waals surface area contributed by atoms with Crippen LogP contribution in [0, 0.1) is 0 Å². The molecule has 1 aromatic rings. The van der Waals surface area contributed by atoms with E-state index in [4.69, 9.17) is 9.26 Å². The molecule has 0 atom stereocenters. The van der Waals surface area contributed by atoms with E-state index in [-0.39, 0.29) is 5.91 Å². The summed E-state index contributed by atoms with van der Waals surface area (Å²) in [6.07, 6.45) is 3.09. The minimum atomic E-state index is 0.223. The van der Waals surface area contributed by atoms with Gasteiger partial charge >= 0.3 is 0 Å². The predicted molar refractivity (Wildman–Crippen MR) is 92.0 cm³/mol. The van der Waals surface area contributed by atoms with Gasteiger partial charge in [-0.05, 0) is 6.42 Å². The number of unbranched alkanes of at least 4 members (excludes halogenated alkanes) is 1. The number of amides is 1. The van der Waals surface area contributed by atoms with Crippen LogP contribution in [0.2, 0.25) is 0 Å². The highest BCUT2D eigenvalue weighted by Crippen LogP contribution is 2.09. The molecule has 0 aliphatic carbocycles. The number of morpholine rings is 1. The van der Waals surface area contributed by atoms with E-state index in [1.54, 1.807) is 0 Å². The number of aryl methyl sites for hydroxylation is 1. The minimum Gasteiger partial charge on any atom is -0.379 e. The zero-order valence-electron chi connectivity index (χ0n) is 15.2. The molecule has 0 unspecified atom stereocenters. The molecule has 2 aliphatic rings. The van der Waals surface area contributed by atoms with Crippen molar-refractivity contribution in [3.05, 3.63) is 11.7 Å². The Bertz CT molecular complexity index is 536. The molecule has 0 radical (unpaired) electrons. The fraction of sp³-hybridized carbons (Fsp3) is 0.824. The lowest BCUT2D eigenvalue weighted by atomic mass is 10.2. The molecule has 0 aromatic carbocycles. The number of carbonyl (C=O) groups is 1. The number of rotatable bonds is 7. The van der Waals surface area contributed by atoms with Gasteiger partial charge in [0.15, 0.2) is 5.82 Å². The van der Waals surface area contributed by atoms with Crippen LogP contribution >= 0.6 is 0 Å². The zero-order valence-corrected chi connectivity index (χ0v) is 15.2. The van der Waals surface area contributed by atoms with Crippen molar-refractivity contribution in [1.82, 2.24) is 24.8 Å². The quantitative estimate of drug-likeness (QED) is 0.703. The van der Waals surface area contributed by atoms with E-state index >= 15 is 0 Å². The normalized spacial score (nSPS) is 20.1. The third-order valence-corrected chi connectivity index (χ3v) is 4.81. The standard InChI is InChI=1S/C17H29N5O3/c1-2-3-4-15-18-16(25-19-15)13-20-5-7-22(8-6-20)17(23)14-21-9-11-24-12-10-21/h2-14H2,1H3. The number of nitrogens with zero attached hydrogens (tertiary/aromatic N) is 5. The SMILES string of the molecule is CCCCc1noc(CN2CCN(C(=O)CN3CCOCC3)CC2)n1. The molecule has 2 saturated heterocycles. The van der Waals surface area contributed by atoms with Crippen LogP contribution in [0.5, 0.6) is 0 Å². The van der Waals surface area contributed by atoms with Gasteiger partial charge in [-0.3, -0.25) is 14.6 Å². The van der Waals surface area contributed by atoms with Crippen LogP contribution in [0.15, 0.2) is 4.52 Å². The third-order valence-electron chi connectivity index (χ3n) is 4.81. The summed E-state index contributed by atoms with van der Waals surface area (Å²) < 4.78 is 10.7. The molecule has 1 aromatic heterocycles. The molecular weight excluding hydrogens is 322 g/mol. The van der Waals surface area contributed by atoms with Crippen molar-refractivity contribution >= 4 is 5.91 Å². The molecule has 140 valence electrons. The maximum Gasteiger partial charge on any atom is 0.240 e. The fourth-order valence-corrected chi connectivity index (χ4v) is 3.19. The first-order valence-electron chi connectivity index (χ1n) is 9.36. The van der Waals surface area contributed by atoms with Crippen LogP contribution < -0.4 is 0 Å². The number of aromatic nitrogens is 2. The second kappa shape index (κ2) is 9.26. The van der Waals surface area contributed by atoms with Crippen molar-refractivity contribution in [1.29, 1.82) is 0 Å². The van der Waals surface area contributed by atoms with Gasteiger partial charge in [-0.25, -0.2) is 0 Å². The smallest absolute Gasteiger partial charge is 0.240 e.